The van der Waals surface area contributed by atoms with E-state index in [1.54, 1.807) is 17.0 Å². The zero-order chi connectivity index (χ0) is 22.5. The number of esters is 1. The van der Waals surface area contributed by atoms with Crippen LogP contribution in [0, 0.1) is 25.6 Å². The lowest BCUT2D eigenvalue weighted by molar-refractivity contribution is -0.148. The topological polar surface area (TPSA) is 68.6 Å². The van der Waals surface area contributed by atoms with Crippen molar-refractivity contribution in [1.29, 1.82) is 0 Å². The first kappa shape index (κ1) is 22.5. The van der Waals surface area contributed by atoms with Crippen LogP contribution >= 0.6 is 0 Å². The fraction of sp³-hybridized carbons (Fsp3) is 0.375. The van der Waals surface area contributed by atoms with E-state index in [9.17, 15) is 18.8 Å². The quantitative estimate of drug-likeness (QED) is 0.385. The van der Waals surface area contributed by atoms with E-state index in [-0.39, 0.29) is 24.2 Å². The summed E-state index contributed by atoms with van der Waals surface area (Å²) < 4.78 is 20.3. The van der Waals surface area contributed by atoms with E-state index in [4.69, 9.17) is 4.74 Å². The van der Waals surface area contributed by atoms with Crippen LogP contribution < -0.4 is 0 Å². The summed E-state index contributed by atoms with van der Waals surface area (Å²) >= 11 is 0. The lowest BCUT2D eigenvalue weighted by Crippen LogP contribution is -2.40. The SMILES string of the molecule is C=CCn1c(C)cc(C(=O)COC(=O)C2CCN(C(=O)c3ccc(F)cc3)CC2)c1C. The molecular formula is C24H27FN2O4. The van der Waals surface area contributed by atoms with Gasteiger partial charge in [0.1, 0.15) is 5.82 Å². The number of rotatable bonds is 7. The van der Waals surface area contributed by atoms with E-state index in [1.807, 2.05) is 18.4 Å². The Morgan fingerprint density at radius 2 is 1.81 bits per heavy atom. The third-order valence-corrected chi connectivity index (χ3v) is 5.74. The summed E-state index contributed by atoms with van der Waals surface area (Å²) in [4.78, 5) is 39.1. The molecular weight excluding hydrogens is 399 g/mol. The van der Waals surface area contributed by atoms with Crippen LogP contribution in [-0.2, 0) is 16.1 Å². The van der Waals surface area contributed by atoms with Crippen molar-refractivity contribution in [3.8, 4) is 0 Å². The number of ether oxygens (including phenoxy) is 1. The second-order valence-corrected chi connectivity index (χ2v) is 7.79. The second-order valence-electron chi connectivity index (χ2n) is 7.79. The molecule has 7 heteroatoms. The first-order chi connectivity index (χ1) is 14.8. The first-order valence-electron chi connectivity index (χ1n) is 10.3. The molecule has 0 N–H and O–H groups in total. The highest BCUT2D eigenvalue weighted by molar-refractivity contribution is 5.99. The van der Waals surface area contributed by atoms with Crippen molar-refractivity contribution in [2.24, 2.45) is 5.92 Å². The van der Waals surface area contributed by atoms with Crippen LogP contribution in [0.25, 0.3) is 0 Å². The van der Waals surface area contributed by atoms with Gasteiger partial charge in [-0.05, 0) is 57.0 Å². The highest BCUT2D eigenvalue weighted by Gasteiger charge is 2.29. The van der Waals surface area contributed by atoms with Crippen LogP contribution in [0.5, 0.6) is 0 Å². The van der Waals surface area contributed by atoms with Gasteiger partial charge in [0.15, 0.2) is 6.61 Å². The molecule has 1 amide bonds. The molecule has 6 nitrogen and oxygen atoms in total. The zero-order valence-corrected chi connectivity index (χ0v) is 17.9. The van der Waals surface area contributed by atoms with Gasteiger partial charge >= 0.3 is 5.97 Å². The Balaban J connectivity index is 1.50. The van der Waals surface area contributed by atoms with E-state index < -0.39 is 11.8 Å². The van der Waals surface area contributed by atoms with Crippen LogP contribution in [0.4, 0.5) is 4.39 Å². The molecule has 1 fully saturated rings. The van der Waals surface area contributed by atoms with Crippen molar-refractivity contribution in [1.82, 2.24) is 9.47 Å². The molecule has 31 heavy (non-hydrogen) atoms. The molecule has 0 aliphatic carbocycles. The summed E-state index contributed by atoms with van der Waals surface area (Å²) in [6, 6.07) is 7.21. The van der Waals surface area contributed by atoms with Gasteiger partial charge in [-0.1, -0.05) is 6.08 Å². The number of piperidine rings is 1. The van der Waals surface area contributed by atoms with E-state index in [0.717, 1.165) is 11.4 Å². The lowest BCUT2D eigenvalue weighted by atomic mass is 9.96. The van der Waals surface area contributed by atoms with E-state index >= 15 is 0 Å². The number of amides is 1. The third-order valence-electron chi connectivity index (χ3n) is 5.74. The van der Waals surface area contributed by atoms with Gasteiger partial charge < -0.3 is 14.2 Å². The van der Waals surface area contributed by atoms with Gasteiger partial charge in [0.05, 0.1) is 5.92 Å². The number of allylic oxidation sites excluding steroid dienone is 1. The van der Waals surface area contributed by atoms with Gasteiger partial charge in [-0.15, -0.1) is 6.58 Å². The number of aryl methyl sites for hydroxylation is 1. The Bertz CT molecular complexity index is 986. The highest BCUT2D eigenvalue weighted by Crippen LogP contribution is 2.21. The minimum atomic E-state index is -0.415. The number of carbonyl (C=O) groups is 3. The predicted octanol–water partition coefficient (Wildman–Crippen LogP) is 3.71. The molecule has 2 aromatic rings. The van der Waals surface area contributed by atoms with Gasteiger partial charge in [-0.3, -0.25) is 14.4 Å². The summed E-state index contributed by atoms with van der Waals surface area (Å²) in [5.41, 5.74) is 2.74. The number of nitrogens with zero attached hydrogens (tertiary/aromatic N) is 2. The zero-order valence-electron chi connectivity index (χ0n) is 17.9. The number of halogens is 1. The van der Waals surface area contributed by atoms with E-state index in [1.165, 1.54) is 24.3 Å². The Morgan fingerprint density at radius 3 is 2.42 bits per heavy atom. The van der Waals surface area contributed by atoms with Crippen LogP contribution in [0.15, 0.2) is 43.0 Å². The van der Waals surface area contributed by atoms with Crippen molar-refractivity contribution in [2.75, 3.05) is 19.7 Å². The molecule has 0 unspecified atom stereocenters. The average Bonchev–Trinajstić information content (AvgIpc) is 3.06. The summed E-state index contributed by atoms with van der Waals surface area (Å²) in [7, 11) is 0. The summed E-state index contributed by atoms with van der Waals surface area (Å²) in [5.74, 6) is -1.58. The first-order valence-corrected chi connectivity index (χ1v) is 10.3. The monoisotopic (exact) mass is 426 g/mol. The molecule has 1 aliphatic heterocycles. The average molecular weight is 426 g/mol. The third kappa shape index (κ3) is 5.10. The Labute approximate surface area is 181 Å². The van der Waals surface area contributed by atoms with Crippen LogP contribution in [0.1, 0.15) is 44.9 Å². The van der Waals surface area contributed by atoms with Gasteiger partial charge in [0.25, 0.3) is 5.91 Å². The molecule has 0 bridgehead atoms. The Morgan fingerprint density at radius 1 is 1.16 bits per heavy atom. The van der Waals surface area contributed by atoms with Crippen molar-refractivity contribution >= 4 is 17.7 Å². The fourth-order valence-corrected chi connectivity index (χ4v) is 3.92. The predicted molar refractivity (Wildman–Crippen MR) is 114 cm³/mol. The molecule has 1 aliphatic rings. The number of likely N-dealkylation sites (tertiary alicyclic amines) is 1. The molecule has 0 spiro atoms. The largest absolute Gasteiger partial charge is 0.457 e. The molecule has 2 heterocycles. The molecule has 1 aromatic carbocycles. The van der Waals surface area contributed by atoms with Crippen molar-refractivity contribution in [3.05, 3.63) is 71.3 Å². The summed E-state index contributed by atoms with van der Waals surface area (Å²) in [6.45, 7) is 8.63. The molecule has 1 saturated heterocycles. The number of ketones is 1. The molecule has 0 radical (unpaired) electrons. The van der Waals surface area contributed by atoms with E-state index in [0.29, 0.717) is 43.6 Å². The molecule has 0 atom stereocenters. The van der Waals surface area contributed by atoms with Crippen LogP contribution in [0.2, 0.25) is 0 Å². The molecule has 3 rings (SSSR count). The van der Waals surface area contributed by atoms with Crippen LogP contribution in [-0.4, -0.2) is 46.8 Å². The van der Waals surface area contributed by atoms with Crippen LogP contribution in [0.3, 0.4) is 0 Å². The Kier molecular flexibility index (Phi) is 7.05. The van der Waals surface area contributed by atoms with Gasteiger partial charge in [0, 0.05) is 42.1 Å². The minimum Gasteiger partial charge on any atom is -0.457 e. The van der Waals surface area contributed by atoms with Gasteiger partial charge in [-0.2, -0.15) is 0 Å². The molecule has 1 aromatic heterocycles. The van der Waals surface area contributed by atoms with Crippen molar-refractivity contribution in [3.63, 3.8) is 0 Å². The van der Waals surface area contributed by atoms with Crippen molar-refractivity contribution < 1.29 is 23.5 Å². The number of benzene rings is 1. The number of hydrogen-bond acceptors (Lipinski definition) is 4. The normalized spacial score (nSPS) is 14.4. The smallest absolute Gasteiger partial charge is 0.309 e. The van der Waals surface area contributed by atoms with Gasteiger partial charge in [0.2, 0.25) is 5.78 Å². The molecule has 0 saturated carbocycles. The minimum absolute atomic E-state index is 0.183. The maximum atomic E-state index is 13.0. The van der Waals surface area contributed by atoms with E-state index in [2.05, 4.69) is 6.58 Å². The number of hydrogen-bond donors (Lipinski definition) is 0. The number of Topliss-reactive ketones (excluding diaryl/α,β-unsaturated/α-hetero) is 1. The summed E-state index contributed by atoms with van der Waals surface area (Å²) in [6.07, 6.45) is 2.70. The second kappa shape index (κ2) is 9.73. The van der Waals surface area contributed by atoms with Gasteiger partial charge in [-0.25, -0.2) is 4.39 Å². The van der Waals surface area contributed by atoms with Crippen molar-refractivity contribution in [2.45, 2.75) is 33.2 Å². The number of aromatic nitrogens is 1. The fourth-order valence-electron chi connectivity index (χ4n) is 3.92. The number of carbonyl (C=O) groups excluding carboxylic acids is 3. The maximum absolute atomic E-state index is 13.0. The highest BCUT2D eigenvalue weighted by atomic mass is 19.1. The maximum Gasteiger partial charge on any atom is 0.309 e. The summed E-state index contributed by atoms with van der Waals surface area (Å²) in [5, 5.41) is 0. The molecule has 164 valence electrons. The Hall–Kier alpha value is -3.22. The standard InChI is InChI=1S/C24H27FN2O4/c1-4-11-27-16(2)14-21(17(27)3)22(28)15-31-24(30)19-9-12-26(13-10-19)23(29)18-5-7-20(25)8-6-18/h4-8,14,19H,1,9-13,15H2,2-3H3. The lowest BCUT2D eigenvalue weighted by Gasteiger charge is -2.31.